The lowest BCUT2D eigenvalue weighted by Gasteiger charge is -2.29. The predicted molar refractivity (Wildman–Crippen MR) is 78.1 cm³/mol. The highest BCUT2D eigenvalue weighted by molar-refractivity contribution is 6.33. The van der Waals surface area contributed by atoms with Crippen LogP contribution in [0.3, 0.4) is 0 Å². The fourth-order valence-corrected chi connectivity index (χ4v) is 2.12. The second-order valence-electron chi connectivity index (χ2n) is 4.39. The van der Waals surface area contributed by atoms with Gasteiger partial charge in [-0.3, -0.25) is 0 Å². The number of benzene rings is 1. The third-order valence-corrected chi connectivity index (χ3v) is 3.25. The van der Waals surface area contributed by atoms with E-state index in [1.165, 1.54) is 12.1 Å². The van der Waals surface area contributed by atoms with Crippen molar-refractivity contribution in [2.24, 2.45) is 0 Å². The first-order valence-electron chi connectivity index (χ1n) is 5.97. The van der Waals surface area contributed by atoms with Gasteiger partial charge in [0, 0.05) is 6.54 Å². The summed E-state index contributed by atoms with van der Waals surface area (Å²) in [6, 6.07) is 2.87. The Labute approximate surface area is 127 Å². The average molecular weight is 324 g/mol. The highest BCUT2D eigenvalue weighted by Crippen LogP contribution is 2.22. The van der Waals surface area contributed by atoms with Crippen LogP contribution in [0.4, 0.5) is 14.9 Å². The summed E-state index contributed by atoms with van der Waals surface area (Å²) in [4.78, 5) is 11.7. The lowest BCUT2D eigenvalue weighted by Crippen LogP contribution is -2.54. The molecule has 0 aromatic heterocycles. The summed E-state index contributed by atoms with van der Waals surface area (Å²) in [7, 11) is 0. The molecule has 1 aromatic rings. The number of hydrogen-bond acceptors (Lipinski definition) is 3. The summed E-state index contributed by atoms with van der Waals surface area (Å²) in [6.07, 6.45) is 0.0121. The van der Waals surface area contributed by atoms with E-state index in [1.54, 1.807) is 0 Å². The number of piperidine rings is 1. The molecule has 1 aromatic carbocycles. The Hall–Kier alpha value is -1.08. The van der Waals surface area contributed by atoms with E-state index < -0.39 is 18.0 Å². The van der Waals surface area contributed by atoms with Crippen LogP contribution in [-0.2, 0) is 0 Å². The van der Waals surface area contributed by atoms with E-state index in [-0.39, 0.29) is 23.5 Å². The van der Waals surface area contributed by atoms with E-state index in [9.17, 15) is 14.3 Å². The van der Waals surface area contributed by atoms with Gasteiger partial charge in [-0.15, -0.1) is 12.4 Å². The molecule has 20 heavy (non-hydrogen) atoms. The molecule has 1 heterocycles. The lowest BCUT2D eigenvalue weighted by molar-refractivity contribution is 0.103. The van der Waals surface area contributed by atoms with Crippen molar-refractivity contribution in [3.05, 3.63) is 29.0 Å². The van der Waals surface area contributed by atoms with Crippen LogP contribution in [-0.4, -0.2) is 36.4 Å². The number of nitrogens with one attached hydrogen (secondary N) is 3. The third kappa shape index (κ3) is 4.49. The number of rotatable bonds is 2. The first kappa shape index (κ1) is 17.0. The molecule has 1 fully saturated rings. The van der Waals surface area contributed by atoms with Gasteiger partial charge in [0.2, 0.25) is 0 Å². The monoisotopic (exact) mass is 323 g/mol. The molecule has 1 aliphatic heterocycles. The second kappa shape index (κ2) is 7.64. The molecule has 5 nitrogen and oxygen atoms in total. The van der Waals surface area contributed by atoms with Crippen LogP contribution >= 0.6 is 24.0 Å². The Bertz CT molecular complexity index is 476. The molecule has 112 valence electrons. The second-order valence-corrected chi connectivity index (χ2v) is 4.80. The van der Waals surface area contributed by atoms with Gasteiger partial charge in [-0.25, -0.2) is 9.18 Å². The first-order chi connectivity index (χ1) is 9.06. The number of carbonyl (C=O) groups excluding carboxylic acids is 1. The molecule has 0 bridgehead atoms. The van der Waals surface area contributed by atoms with Gasteiger partial charge in [0.15, 0.2) is 0 Å². The minimum Gasteiger partial charge on any atom is -0.391 e. The summed E-state index contributed by atoms with van der Waals surface area (Å²) in [6.45, 7) is 1.23. The van der Waals surface area contributed by atoms with Crippen molar-refractivity contribution < 1.29 is 14.3 Å². The maximum absolute atomic E-state index is 12.9. The minimum absolute atomic E-state index is 0. The molecule has 2 rings (SSSR count). The van der Waals surface area contributed by atoms with E-state index in [0.29, 0.717) is 18.7 Å². The van der Waals surface area contributed by atoms with Gasteiger partial charge < -0.3 is 21.1 Å². The predicted octanol–water partition coefficient (Wildman–Crippen LogP) is 1.75. The van der Waals surface area contributed by atoms with Crippen LogP contribution < -0.4 is 16.0 Å². The summed E-state index contributed by atoms with van der Waals surface area (Å²) < 4.78 is 12.9. The van der Waals surface area contributed by atoms with Crippen LogP contribution in [0.25, 0.3) is 0 Å². The number of aliphatic hydroxyl groups excluding tert-OH is 1. The van der Waals surface area contributed by atoms with Gasteiger partial charge in [0.25, 0.3) is 0 Å². The number of anilines is 1. The van der Waals surface area contributed by atoms with Crippen molar-refractivity contribution in [2.45, 2.75) is 18.6 Å². The standard InChI is InChI=1S/C12H15ClFN3O2.ClH/c13-8-5-7(14)1-2-9(8)16-12(19)17-10-6-15-4-3-11(10)18;/h1-2,5,10-11,15,18H,3-4,6H2,(H2,16,17,19);1H/t10-,11-;/m1./s1. The van der Waals surface area contributed by atoms with Crippen LogP contribution in [0.5, 0.6) is 0 Å². The van der Waals surface area contributed by atoms with Gasteiger partial charge in [-0.2, -0.15) is 0 Å². The molecule has 0 saturated carbocycles. The highest BCUT2D eigenvalue weighted by Gasteiger charge is 2.24. The normalized spacial score (nSPS) is 21.8. The Balaban J connectivity index is 0.00000200. The van der Waals surface area contributed by atoms with E-state index in [1.807, 2.05) is 0 Å². The maximum atomic E-state index is 12.9. The van der Waals surface area contributed by atoms with Crippen LogP contribution in [0.2, 0.25) is 5.02 Å². The molecular weight excluding hydrogens is 308 g/mol. The van der Waals surface area contributed by atoms with Crippen molar-refractivity contribution in [3.8, 4) is 0 Å². The fraction of sp³-hybridized carbons (Fsp3) is 0.417. The first-order valence-corrected chi connectivity index (χ1v) is 6.35. The molecule has 0 spiro atoms. The van der Waals surface area contributed by atoms with Crippen LogP contribution in [0.1, 0.15) is 6.42 Å². The number of halogens is 3. The van der Waals surface area contributed by atoms with E-state index >= 15 is 0 Å². The summed E-state index contributed by atoms with van der Waals surface area (Å²) in [5, 5.41) is 18.1. The topological polar surface area (TPSA) is 73.4 Å². The molecular formula is C12H16Cl2FN3O2. The van der Waals surface area contributed by atoms with E-state index in [2.05, 4.69) is 16.0 Å². The largest absolute Gasteiger partial charge is 0.391 e. The Morgan fingerprint density at radius 1 is 1.50 bits per heavy atom. The zero-order valence-corrected chi connectivity index (χ0v) is 12.1. The quantitative estimate of drug-likeness (QED) is 0.670. The molecule has 0 radical (unpaired) electrons. The average Bonchev–Trinajstić information content (AvgIpc) is 2.36. The van der Waals surface area contributed by atoms with Gasteiger partial charge in [-0.05, 0) is 31.2 Å². The van der Waals surface area contributed by atoms with Gasteiger partial charge in [0.1, 0.15) is 5.82 Å². The molecule has 2 atom stereocenters. The number of hydrogen-bond donors (Lipinski definition) is 4. The number of amides is 2. The van der Waals surface area contributed by atoms with Crippen LogP contribution in [0.15, 0.2) is 18.2 Å². The van der Waals surface area contributed by atoms with Crippen LogP contribution in [0, 0.1) is 5.82 Å². The smallest absolute Gasteiger partial charge is 0.319 e. The van der Waals surface area contributed by atoms with Crippen molar-refractivity contribution in [1.29, 1.82) is 0 Å². The van der Waals surface area contributed by atoms with Crippen molar-refractivity contribution in [3.63, 3.8) is 0 Å². The van der Waals surface area contributed by atoms with E-state index in [4.69, 9.17) is 11.6 Å². The number of aliphatic hydroxyl groups is 1. The molecule has 1 aliphatic rings. The molecule has 0 aliphatic carbocycles. The maximum Gasteiger partial charge on any atom is 0.319 e. The zero-order chi connectivity index (χ0) is 13.8. The number of carbonyl (C=O) groups is 1. The van der Waals surface area contributed by atoms with E-state index in [0.717, 1.165) is 12.6 Å². The molecule has 8 heteroatoms. The highest BCUT2D eigenvalue weighted by atomic mass is 35.5. The Kier molecular flexibility index (Phi) is 6.48. The van der Waals surface area contributed by atoms with Gasteiger partial charge in [-0.1, -0.05) is 11.6 Å². The zero-order valence-electron chi connectivity index (χ0n) is 10.5. The molecule has 4 N–H and O–H groups in total. The van der Waals surface area contributed by atoms with Crippen molar-refractivity contribution >= 4 is 35.7 Å². The summed E-state index contributed by atoms with van der Waals surface area (Å²) in [5.41, 5.74) is 0.318. The van der Waals surface area contributed by atoms with Crippen molar-refractivity contribution in [2.75, 3.05) is 18.4 Å². The summed E-state index contributed by atoms with van der Waals surface area (Å²) in [5.74, 6) is -0.470. The lowest BCUT2D eigenvalue weighted by atomic mass is 10.0. The Morgan fingerprint density at radius 3 is 2.90 bits per heavy atom. The van der Waals surface area contributed by atoms with Gasteiger partial charge in [0.05, 0.1) is 22.9 Å². The molecule has 1 saturated heterocycles. The SMILES string of the molecule is Cl.O=C(Nc1ccc(F)cc1Cl)N[C@@H]1CNCC[C@H]1O. The van der Waals surface area contributed by atoms with Gasteiger partial charge >= 0.3 is 6.03 Å². The minimum atomic E-state index is -0.573. The molecule has 0 unspecified atom stereocenters. The number of urea groups is 1. The third-order valence-electron chi connectivity index (χ3n) is 2.94. The Morgan fingerprint density at radius 2 is 2.25 bits per heavy atom. The molecule has 2 amide bonds. The summed E-state index contributed by atoms with van der Waals surface area (Å²) >= 11 is 5.80. The van der Waals surface area contributed by atoms with Crippen molar-refractivity contribution in [1.82, 2.24) is 10.6 Å². The fourth-order valence-electron chi connectivity index (χ4n) is 1.91.